The molecule has 0 spiro atoms. The van der Waals surface area contributed by atoms with Gasteiger partial charge in [-0.05, 0) is 45.0 Å². The number of carbonyl (C=O) groups excluding carboxylic acids is 3. The summed E-state index contributed by atoms with van der Waals surface area (Å²) in [4.78, 5) is 37.6. The number of rotatable bonds is 8. The number of anilines is 2. The number of hydrogen-bond donors (Lipinski definition) is 2. The highest BCUT2D eigenvalue weighted by Crippen LogP contribution is 2.26. The molecule has 3 aromatic rings. The maximum absolute atomic E-state index is 12.6. The standard InChI is InChI=1S/C25H23N3O5S/c1-15-8-10-18(11-9-15)27-23(30)14-34-21-7-5-4-6-19(21)25(31)32-13-22(29)28-24-20(12-26)16(2)17(3)33-24/h4-11H,13-14H2,1-3H3,(H,27,30)(H,28,29). The van der Waals surface area contributed by atoms with E-state index in [2.05, 4.69) is 10.6 Å². The number of thioether (sulfide) groups is 1. The van der Waals surface area contributed by atoms with Crippen molar-refractivity contribution in [1.29, 1.82) is 5.26 Å². The number of furan rings is 1. The number of hydrogen-bond acceptors (Lipinski definition) is 7. The molecule has 0 aliphatic carbocycles. The lowest BCUT2D eigenvalue weighted by molar-refractivity contribution is -0.119. The van der Waals surface area contributed by atoms with Crippen molar-refractivity contribution in [2.24, 2.45) is 0 Å². The van der Waals surface area contributed by atoms with E-state index < -0.39 is 18.5 Å². The number of ether oxygens (including phenoxy) is 1. The van der Waals surface area contributed by atoms with E-state index in [0.29, 0.717) is 21.9 Å². The Hall–Kier alpha value is -4.03. The van der Waals surface area contributed by atoms with E-state index >= 15 is 0 Å². The van der Waals surface area contributed by atoms with Gasteiger partial charge < -0.3 is 14.5 Å². The fourth-order valence-corrected chi connectivity index (χ4v) is 3.80. The van der Waals surface area contributed by atoms with Gasteiger partial charge in [0, 0.05) is 16.1 Å². The van der Waals surface area contributed by atoms with Crippen LogP contribution in [0.2, 0.25) is 0 Å². The monoisotopic (exact) mass is 477 g/mol. The second kappa shape index (κ2) is 11.2. The summed E-state index contributed by atoms with van der Waals surface area (Å²) in [5.74, 6) is -0.929. The Balaban J connectivity index is 1.56. The van der Waals surface area contributed by atoms with Gasteiger partial charge in [-0.3, -0.25) is 14.9 Å². The molecule has 0 atom stereocenters. The molecule has 0 aliphatic heterocycles. The van der Waals surface area contributed by atoms with Crippen LogP contribution in [0.1, 0.15) is 32.8 Å². The van der Waals surface area contributed by atoms with Gasteiger partial charge in [0.1, 0.15) is 17.4 Å². The van der Waals surface area contributed by atoms with Gasteiger partial charge >= 0.3 is 5.97 Å². The normalized spacial score (nSPS) is 10.3. The second-order valence-electron chi connectivity index (χ2n) is 7.42. The van der Waals surface area contributed by atoms with Crippen LogP contribution in [0.4, 0.5) is 11.6 Å². The Kier molecular flexibility index (Phi) is 8.11. The SMILES string of the molecule is Cc1ccc(NC(=O)CSc2ccccc2C(=O)OCC(=O)Nc2oc(C)c(C)c2C#N)cc1. The first-order chi connectivity index (χ1) is 16.3. The van der Waals surface area contributed by atoms with E-state index in [9.17, 15) is 19.6 Å². The highest BCUT2D eigenvalue weighted by Gasteiger charge is 2.19. The summed E-state index contributed by atoms with van der Waals surface area (Å²) >= 11 is 1.19. The first-order valence-electron chi connectivity index (χ1n) is 10.3. The van der Waals surface area contributed by atoms with E-state index in [1.54, 1.807) is 38.1 Å². The number of esters is 1. The molecule has 9 heteroatoms. The average molecular weight is 478 g/mol. The third-order valence-corrected chi connectivity index (χ3v) is 5.96. The number of aryl methyl sites for hydroxylation is 2. The number of nitrogens with zero attached hydrogens (tertiary/aromatic N) is 1. The molecule has 0 aliphatic rings. The Morgan fingerprint density at radius 2 is 1.71 bits per heavy atom. The third-order valence-electron chi connectivity index (χ3n) is 4.89. The molecule has 1 heterocycles. The van der Waals surface area contributed by atoms with Crippen molar-refractivity contribution < 1.29 is 23.5 Å². The molecule has 0 unspecified atom stereocenters. The zero-order valence-electron chi connectivity index (χ0n) is 18.9. The van der Waals surface area contributed by atoms with Gasteiger partial charge in [-0.15, -0.1) is 11.8 Å². The summed E-state index contributed by atoms with van der Waals surface area (Å²) in [5.41, 5.74) is 2.88. The van der Waals surface area contributed by atoms with E-state index in [-0.39, 0.29) is 28.7 Å². The number of nitrogens with one attached hydrogen (secondary N) is 2. The largest absolute Gasteiger partial charge is 0.452 e. The summed E-state index contributed by atoms with van der Waals surface area (Å²) in [5, 5.41) is 14.5. The lowest BCUT2D eigenvalue weighted by atomic mass is 10.2. The van der Waals surface area contributed by atoms with E-state index in [0.717, 1.165) is 5.56 Å². The van der Waals surface area contributed by atoms with Crippen LogP contribution < -0.4 is 10.6 Å². The van der Waals surface area contributed by atoms with Gasteiger partial charge in [0.05, 0.1) is 11.3 Å². The van der Waals surface area contributed by atoms with Crippen LogP contribution in [-0.2, 0) is 14.3 Å². The van der Waals surface area contributed by atoms with Crippen molar-refractivity contribution in [3.8, 4) is 6.07 Å². The summed E-state index contributed by atoms with van der Waals surface area (Å²) < 4.78 is 10.5. The molecule has 2 amide bonds. The molecule has 0 saturated heterocycles. The zero-order chi connectivity index (χ0) is 24.7. The molecular formula is C25H23N3O5S. The maximum atomic E-state index is 12.6. The van der Waals surface area contributed by atoms with Crippen molar-refractivity contribution in [2.45, 2.75) is 25.7 Å². The molecule has 0 bridgehead atoms. The van der Waals surface area contributed by atoms with Crippen molar-refractivity contribution in [2.75, 3.05) is 23.0 Å². The minimum Gasteiger partial charge on any atom is -0.452 e. The second-order valence-corrected chi connectivity index (χ2v) is 8.44. The Labute approximate surface area is 201 Å². The van der Waals surface area contributed by atoms with Crippen LogP contribution in [0.3, 0.4) is 0 Å². The predicted octanol–water partition coefficient (Wildman–Crippen LogP) is 4.60. The van der Waals surface area contributed by atoms with Crippen LogP contribution in [-0.4, -0.2) is 30.1 Å². The Bertz CT molecular complexity index is 1260. The van der Waals surface area contributed by atoms with Gasteiger partial charge in [-0.2, -0.15) is 5.26 Å². The Morgan fingerprint density at radius 3 is 2.41 bits per heavy atom. The van der Waals surface area contributed by atoms with Crippen molar-refractivity contribution in [3.05, 3.63) is 76.5 Å². The molecule has 0 radical (unpaired) electrons. The van der Waals surface area contributed by atoms with Crippen LogP contribution in [0, 0.1) is 32.1 Å². The van der Waals surface area contributed by atoms with Gasteiger partial charge in [0.15, 0.2) is 6.61 Å². The molecule has 2 N–H and O–H groups in total. The smallest absolute Gasteiger partial charge is 0.339 e. The number of benzene rings is 2. The number of amides is 2. The van der Waals surface area contributed by atoms with Gasteiger partial charge in [-0.1, -0.05) is 29.8 Å². The third kappa shape index (κ3) is 6.27. The highest BCUT2D eigenvalue weighted by atomic mass is 32.2. The highest BCUT2D eigenvalue weighted by molar-refractivity contribution is 8.00. The van der Waals surface area contributed by atoms with E-state index in [4.69, 9.17) is 9.15 Å². The molecule has 174 valence electrons. The van der Waals surface area contributed by atoms with Gasteiger partial charge in [0.25, 0.3) is 5.91 Å². The minimum atomic E-state index is -0.704. The lowest BCUT2D eigenvalue weighted by Crippen LogP contribution is -2.21. The fraction of sp³-hybridized carbons (Fsp3) is 0.200. The van der Waals surface area contributed by atoms with Crippen molar-refractivity contribution in [1.82, 2.24) is 0 Å². The average Bonchev–Trinajstić information content (AvgIpc) is 3.09. The van der Waals surface area contributed by atoms with Crippen LogP contribution in [0.5, 0.6) is 0 Å². The lowest BCUT2D eigenvalue weighted by Gasteiger charge is -2.10. The number of nitriles is 1. The molecule has 0 fully saturated rings. The summed E-state index contributed by atoms with van der Waals surface area (Å²) in [6, 6.07) is 16.1. The molecular weight excluding hydrogens is 454 g/mol. The predicted molar refractivity (Wildman–Crippen MR) is 129 cm³/mol. The molecule has 3 rings (SSSR count). The van der Waals surface area contributed by atoms with Crippen LogP contribution in [0.25, 0.3) is 0 Å². The van der Waals surface area contributed by atoms with Crippen LogP contribution >= 0.6 is 11.8 Å². The zero-order valence-corrected chi connectivity index (χ0v) is 19.7. The molecule has 2 aromatic carbocycles. The van der Waals surface area contributed by atoms with Crippen molar-refractivity contribution in [3.63, 3.8) is 0 Å². The van der Waals surface area contributed by atoms with E-state index in [1.165, 1.54) is 11.8 Å². The Morgan fingerprint density at radius 1 is 1.00 bits per heavy atom. The molecule has 0 saturated carbocycles. The van der Waals surface area contributed by atoms with Gasteiger partial charge in [-0.25, -0.2) is 4.79 Å². The first-order valence-corrected chi connectivity index (χ1v) is 11.3. The molecule has 34 heavy (non-hydrogen) atoms. The molecule has 8 nitrogen and oxygen atoms in total. The van der Waals surface area contributed by atoms with E-state index in [1.807, 2.05) is 37.3 Å². The molecule has 1 aromatic heterocycles. The van der Waals surface area contributed by atoms with Crippen molar-refractivity contribution >= 4 is 41.1 Å². The fourth-order valence-electron chi connectivity index (χ4n) is 2.96. The maximum Gasteiger partial charge on any atom is 0.339 e. The van der Waals surface area contributed by atoms with Crippen LogP contribution in [0.15, 0.2) is 57.8 Å². The topological polar surface area (TPSA) is 121 Å². The summed E-state index contributed by atoms with van der Waals surface area (Å²) in [6.45, 7) is 4.79. The van der Waals surface area contributed by atoms with Gasteiger partial charge in [0.2, 0.25) is 11.8 Å². The summed E-state index contributed by atoms with van der Waals surface area (Å²) in [6.07, 6.45) is 0. The quantitative estimate of drug-likeness (QED) is 0.359. The minimum absolute atomic E-state index is 0.0223. The summed E-state index contributed by atoms with van der Waals surface area (Å²) in [7, 11) is 0. The number of carbonyl (C=O) groups is 3. The first kappa shape index (κ1) is 24.6.